The first kappa shape index (κ1) is 22.6. The molecule has 0 saturated carbocycles. The molecule has 1 heterocycles. The first-order valence-electron chi connectivity index (χ1n) is 10.5. The summed E-state index contributed by atoms with van der Waals surface area (Å²) in [4.78, 5) is 3.68. The Kier molecular flexibility index (Phi) is 6.98. The van der Waals surface area contributed by atoms with Crippen molar-refractivity contribution in [2.24, 2.45) is 0 Å². The predicted octanol–water partition coefficient (Wildman–Crippen LogP) is 2.67. The van der Waals surface area contributed by atoms with Gasteiger partial charge in [0.2, 0.25) is 0 Å². The lowest BCUT2D eigenvalue weighted by atomic mass is 10.2. The number of benzene rings is 4. The van der Waals surface area contributed by atoms with Crippen LogP contribution in [0.1, 0.15) is 5.69 Å². The van der Waals surface area contributed by atoms with E-state index in [-0.39, 0.29) is 24.0 Å². The number of aromatic nitrogens is 1. The molecule has 0 saturated heterocycles. The van der Waals surface area contributed by atoms with Crippen LogP contribution < -0.4 is 44.6 Å². The molecule has 0 aliphatic heterocycles. The lowest BCUT2D eigenvalue weighted by Crippen LogP contribution is -3.00. The van der Waals surface area contributed by atoms with Crippen molar-refractivity contribution in [2.75, 3.05) is 7.11 Å². The van der Waals surface area contributed by atoms with Gasteiger partial charge in [0, 0.05) is 10.9 Å². The first-order chi connectivity index (χ1) is 15.3. The van der Waals surface area contributed by atoms with E-state index >= 15 is 0 Å². The van der Waals surface area contributed by atoms with Crippen LogP contribution in [0.5, 0.6) is 5.75 Å². The lowest BCUT2D eigenvalue weighted by Gasteiger charge is -2.27. The summed E-state index contributed by atoms with van der Waals surface area (Å²) >= 11 is 0. The molecule has 5 aromatic rings. The van der Waals surface area contributed by atoms with Crippen molar-refractivity contribution in [3.63, 3.8) is 0 Å². The van der Waals surface area contributed by atoms with Crippen LogP contribution in [0.2, 0.25) is 0 Å². The number of ether oxygens (including phenoxy) is 1. The predicted molar refractivity (Wildman–Crippen MR) is 134 cm³/mol. The lowest BCUT2D eigenvalue weighted by molar-refractivity contribution is -0.00000642. The number of rotatable bonds is 6. The molecule has 5 rings (SSSR count). The second-order valence-corrected chi connectivity index (χ2v) is 11.2. The topological polar surface area (TPSA) is 25.0 Å². The molecule has 1 aromatic heterocycles. The van der Waals surface area contributed by atoms with Gasteiger partial charge >= 0.3 is 0 Å². The molecule has 0 unspecified atom stereocenters. The van der Waals surface area contributed by atoms with Gasteiger partial charge in [0.15, 0.2) is 0 Å². The van der Waals surface area contributed by atoms with Crippen LogP contribution in [0.3, 0.4) is 0 Å². The zero-order valence-electron chi connectivity index (χ0n) is 17.9. The van der Waals surface area contributed by atoms with Crippen LogP contribution in [0.4, 0.5) is 0 Å². The third-order valence-corrected chi connectivity index (χ3v) is 10.2. The average molecular weight is 549 g/mol. The summed E-state index contributed by atoms with van der Waals surface area (Å²) in [5.41, 5.74) is 2.39. The van der Waals surface area contributed by atoms with Gasteiger partial charge in [0.1, 0.15) is 35.1 Å². The number of nitrogens with one attached hydrogen (secondary N) is 1. The smallest absolute Gasteiger partial charge is 0.119 e. The summed E-state index contributed by atoms with van der Waals surface area (Å²) < 4.78 is 5.43. The van der Waals surface area contributed by atoms with E-state index in [1.165, 1.54) is 27.0 Å². The molecule has 0 aliphatic rings. The summed E-state index contributed by atoms with van der Waals surface area (Å²) in [6.45, 7) is 0. The van der Waals surface area contributed by atoms with E-state index < -0.39 is 7.26 Å². The second kappa shape index (κ2) is 9.89. The fourth-order valence-electron chi connectivity index (χ4n) is 4.41. The Morgan fingerprint density at radius 2 is 1.16 bits per heavy atom. The highest BCUT2D eigenvalue weighted by atomic mass is 127. The molecule has 0 spiro atoms. The Hall–Kier alpha value is -2.62. The van der Waals surface area contributed by atoms with Gasteiger partial charge in [0.25, 0.3) is 0 Å². The Morgan fingerprint density at radius 1 is 0.656 bits per heavy atom. The van der Waals surface area contributed by atoms with Crippen LogP contribution in [0, 0.1) is 0 Å². The van der Waals surface area contributed by atoms with Gasteiger partial charge in [-0.3, -0.25) is 0 Å². The Balaban J connectivity index is 0.00000245. The zero-order chi connectivity index (χ0) is 21.1. The summed E-state index contributed by atoms with van der Waals surface area (Å²) in [6.07, 6.45) is 0.933. The maximum atomic E-state index is 5.43. The Labute approximate surface area is 207 Å². The average Bonchev–Trinajstić information content (AvgIpc) is 3.25. The highest BCUT2D eigenvalue weighted by molar-refractivity contribution is 7.95. The van der Waals surface area contributed by atoms with Crippen molar-refractivity contribution in [1.82, 2.24) is 4.98 Å². The highest BCUT2D eigenvalue weighted by Gasteiger charge is 2.45. The number of fused-ring (bicyclic) bond motifs is 1. The van der Waals surface area contributed by atoms with E-state index in [2.05, 4.69) is 114 Å². The van der Waals surface area contributed by atoms with Crippen molar-refractivity contribution in [2.45, 2.75) is 6.16 Å². The van der Waals surface area contributed by atoms with Crippen molar-refractivity contribution in [3.8, 4) is 5.75 Å². The molecule has 0 aliphatic carbocycles. The van der Waals surface area contributed by atoms with E-state index in [1.54, 1.807) is 7.11 Å². The molecule has 4 heteroatoms. The van der Waals surface area contributed by atoms with E-state index in [9.17, 15) is 0 Å². The van der Waals surface area contributed by atoms with E-state index in [0.29, 0.717) is 0 Å². The third kappa shape index (κ3) is 4.20. The summed E-state index contributed by atoms with van der Waals surface area (Å²) in [5, 5.41) is 5.36. The fourth-order valence-corrected chi connectivity index (χ4v) is 8.57. The normalized spacial score (nSPS) is 11.2. The second-order valence-electron chi connectivity index (χ2n) is 7.72. The maximum absolute atomic E-state index is 5.43. The number of halogens is 1. The van der Waals surface area contributed by atoms with Crippen LogP contribution in [0.25, 0.3) is 10.9 Å². The minimum absolute atomic E-state index is 0. The van der Waals surface area contributed by atoms with Crippen molar-refractivity contribution in [3.05, 3.63) is 121 Å². The monoisotopic (exact) mass is 549 g/mol. The molecule has 0 amide bonds. The number of hydrogen-bond donors (Lipinski definition) is 1. The van der Waals surface area contributed by atoms with Crippen LogP contribution in [0.15, 0.2) is 115 Å². The molecular formula is C28H25INOP. The van der Waals surface area contributed by atoms with Gasteiger partial charge in [-0.05, 0) is 60.7 Å². The van der Waals surface area contributed by atoms with Crippen molar-refractivity contribution < 1.29 is 28.7 Å². The molecule has 0 radical (unpaired) electrons. The van der Waals surface area contributed by atoms with Gasteiger partial charge in [-0.1, -0.05) is 54.6 Å². The largest absolute Gasteiger partial charge is 1.00 e. The summed E-state index contributed by atoms with van der Waals surface area (Å²) in [5.74, 6) is 0.883. The van der Waals surface area contributed by atoms with Crippen LogP contribution in [-0.4, -0.2) is 12.1 Å². The molecule has 2 nitrogen and oxygen atoms in total. The Bertz CT molecular complexity index is 1190. The molecule has 0 fully saturated rings. The van der Waals surface area contributed by atoms with E-state index in [4.69, 9.17) is 4.74 Å². The van der Waals surface area contributed by atoms with E-state index in [1.807, 2.05) is 6.07 Å². The summed E-state index contributed by atoms with van der Waals surface area (Å²) in [6, 6.07) is 41.5. The number of H-pyrrole nitrogens is 1. The van der Waals surface area contributed by atoms with Gasteiger partial charge in [0.05, 0.1) is 12.8 Å². The molecule has 1 N–H and O–H groups in total. The van der Waals surface area contributed by atoms with Crippen molar-refractivity contribution >= 4 is 34.1 Å². The molecule has 4 aromatic carbocycles. The molecule has 160 valence electrons. The van der Waals surface area contributed by atoms with Crippen LogP contribution >= 0.6 is 7.26 Å². The minimum Gasteiger partial charge on any atom is -1.00 e. The van der Waals surface area contributed by atoms with Gasteiger partial charge in [-0.25, -0.2) is 0 Å². The van der Waals surface area contributed by atoms with Gasteiger partial charge in [-0.2, -0.15) is 0 Å². The fraction of sp³-hybridized carbons (Fsp3) is 0.0714. The zero-order valence-corrected chi connectivity index (χ0v) is 21.0. The third-order valence-electron chi connectivity index (χ3n) is 5.88. The summed E-state index contributed by atoms with van der Waals surface area (Å²) in [7, 11) is -0.198. The van der Waals surface area contributed by atoms with Gasteiger partial charge < -0.3 is 33.7 Å². The van der Waals surface area contributed by atoms with Crippen LogP contribution in [-0.2, 0) is 6.16 Å². The molecule has 32 heavy (non-hydrogen) atoms. The standard InChI is InChI=1S/C28H25NOP.HI/c1-30-24-17-18-28-22(20-24)19-23(29-28)21-31(25-11-5-2-6-12-25,26-13-7-3-8-14-26)27-15-9-4-10-16-27;/h2-20,29H,21H2,1H3;1H/q+1;/p-1. The minimum atomic E-state index is -1.91. The SMILES string of the molecule is COc1ccc2[nH]c(C[P+](c3ccccc3)(c3ccccc3)c3ccccc3)cc2c1.[I-]. The quantitative estimate of drug-likeness (QED) is 0.256. The van der Waals surface area contributed by atoms with Crippen molar-refractivity contribution in [1.29, 1.82) is 0 Å². The number of methoxy groups -OCH3 is 1. The molecule has 0 atom stereocenters. The van der Waals surface area contributed by atoms with E-state index in [0.717, 1.165) is 17.4 Å². The molecule has 0 bridgehead atoms. The molecular weight excluding hydrogens is 524 g/mol. The van der Waals surface area contributed by atoms with Gasteiger partial charge in [-0.15, -0.1) is 0 Å². The number of aromatic amines is 1. The number of hydrogen-bond acceptors (Lipinski definition) is 1. The Morgan fingerprint density at radius 3 is 1.62 bits per heavy atom. The maximum Gasteiger partial charge on any atom is 0.119 e. The first-order valence-corrected chi connectivity index (χ1v) is 12.5. The highest BCUT2D eigenvalue weighted by Crippen LogP contribution is 2.58.